The van der Waals surface area contributed by atoms with Crippen molar-refractivity contribution in [3.8, 4) is 0 Å². The second-order valence-corrected chi connectivity index (χ2v) is 27.2. The predicted octanol–water partition coefficient (Wildman–Crippen LogP) is 13.7. The van der Waals surface area contributed by atoms with Gasteiger partial charge in [0.2, 0.25) is 0 Å². The van der Waals surface area contributed by atoms with Crippen LogP contribution in [0.1, 0.15) is 50.1 Å². The van der Waals surface area contributed by atoms with Gasteiger partial charge in [0.05, 0.1) is 23.8 Å². The maximum atomic E-state index is 4.85. The van der Waals surface area contributed by atoms with Crippen molar-refractivity contribution in [2.24, 2.45) is 0 Å². The molecule has 0 nitrogen and oxygen atoms in total. The SMILES string of the molecule is Cc1ccccc1[PH+](c1ccccc1C)c1ccccc1C.Cc1ccccc1[PH+](c1ccccc1C)c1ccccc1C.Cc1ccccc1[PH+](c1ccccc1C)c1ccccc1C.[Cl][Ru][Cl]. The Labute approximate surface area is 433 Å². The van der Waals surface area contributed by atoms with E-state index in [1.54, 1.807) is 0 Å². The van der Waals surface area contributed by atoms with Crippen LogP contribution in [-0.2, 0) is 15.1 Å². The Balaban J connectivity index is 0.000000165. The minimum absolute atomic E-state index is 0.346. The molecule has 0 amide bonds. The molecule has 0 aliphatic rings. The summed E-state index contributed by atoms with van der Waals surface area (Å²) in [6, 6.07) is 79.6. The predicted molar refractivity (Wildman–Crippen MR) is 314 cm³/mol. The summed E-state index contributed by atoms with van der Waals surface area (Å²) in [5.74, 6) is 0. The third-order valence-corrected chi connectivity index (χ3v) is 22.6. The maximum absolute atomic E-state index is 4.85. The molecule has 9 aromatic carbocycles. The van der Waals surface area contributed by atoms with Gasteiger partial charge in [-0.15, -0.1) is 0 Å². The molecule has 0 spiro atoms. The second kappa shape index (κ2) is 27.2. The van der Waals surface area contributed by atoms with Crippen LogP contribution in [0.5, 0.6) is 0 Å². The number of hydrogen-bond donors (Lipinski definition) is 0. The van der Waals surface area contributed by atoms with Crippen molar-refractivity contribution >= 4 is 90.9 Å². The monoisotopic (exact) mass is 1090 g/mol. The fourth-order valence-electron chi connectivity index (χ4n) is 8.99. The van der Waals surface area contributed by atoms with E-state index >= 15 is 0 Å². The Morgan fingerprint density at radius 2 is 0.290 bits per heavy atom. The molecule has 352 valence electrons. The molecule has 0 aliphatic heterocycles. The van der Waals surface area contributed by atoms with Crippen LogP contribution in [0.2, 0.25) is 0 Å². The molecule has 0 atom stereocenters. The van der Waals surface area contributed by atoms with Gasteiger partial charge in [-0.25, -0.2) is 0 Å². The summed E-state index contributed by atoms with van der Waals surface area (Å²) >= 11 is -0.346. The topological polar surface area (TPSA) is 0 Å². The van der Waals surface area contributed by atoms with Gasteiger partial charge in [-0.1, -0.05) is 164 Å². The van der Waals surface area contributed by atoms with Crippen LogP contribution in [0.15, 0.2) is 218 Å². The van der Waals surface area contributed by atoms with Crippen LogP contribution in [0.25, 0.3) is 0 Å². The third kappa shape index (κ3) is 14.1. The molecular formula is C63H66Cl2P3Ru+3. The number of aryl methyl sites for hydroxylation is 9. The zero-order chi connectivity index (χ0) is 49.3. The first kappa shape index (κ1) is 53.8. The molecule has 0 aliphatic carbocycles. The van der Waals surface area contributed by atoms with E-state index in [9.17, 15) is 0 Å². The van der Waals surface area contributed by atoms with Crippen molar-refractivity contribution < 1.29 is 15.1 Å². The Morgan fingerprint density at radius 3 is 0.377 bits per heavy atom. The van der Waals surface area contributed by atoms with E-state index < -0.39 is 23.8 Å². The van der Waals surface area contributed by atoms with Crippen molar-refractivity contribution in [2.75, 3.05) is 0 Å². The minimum atomic E-state index is -0.968. The van der Waals surface area contributed by atoms with Gasteiger partial charge in [-0.2, -0.15) is 0 Å². The summed E-state index contributed by atoms with van der Waals surface area (Å²) in [7, 11) is 6.80. The molecule has 0 saturated carbocycles. The van der Waals surface area contributed by atoms with E-state index in [-0.39, 0.29) is 15.1 Å². The molecule has 0 bridgehead atoms. The summed E-state index contributed by atoms with van der Waals surface area (Å²) in [5.41, 5.74) is 12.5. The molecule has 0 fully saturated rings. The summed E-state index contributed by atoms with van der Waals surface area (Å²) in [6.07, 6.45) is 0. The average Bonchev–Trinajstić information content (AvgIpc) is 3.35. The van der Waals surface area contributed by atoms with Gasteiger partial charge >= 0.3 is 34.5 Å². The van der Waals surface area contributed by atoms with Crippen molar-refractivity contribution in [3.63, 3.8) is 0 Å². The van der Waals surface area contributed by atoms with Crippen molar-refractivity contribution in [3.05, 3.63) is 268 Å². The first-order chi connectivity index (χ1) is 33.5. The van der Waals surface area contributed by atoms with E-state index in [1.165, 1.54) is 97.8 Å². The Kier molecular flexibility index (Phi) is 21.2. The van der Waals surface area contributed by atoms with Gasteiger partial charge in [0.1, 0.15) is 47.7 Å². The molecule has 0 N–H and O–H groups in total. The van der Waals surface area contributed by atoms with E-state index in [2.05, 4.69) is 281 Å². The quantitative estimate of drug-likeness (QED) is 0.0998. The van der Waals surface area contributed by atoms with Crippen LogP contribution in [-0.4, -0.2) is 0 Å². The number of benzene rings is 9. The number of hydrogen-bond acceptors (Lipinski definition) is 0. The van der Waals surface area contributed by atoms with E-state index in [1.807, 2.05) is 0 Å². The van der Waals surface area contributed by atoms with Gasteiger partial charge in [0.15, 0.2) is 0 Å². The number of halogens is 2. The summed E-state index contributed by atoms with van der Waals surface area (Å²) in [6.45, 7) is 20.1. The van der Waals surface area contributed by atoms with Crippen LogP contribution in [0, 0.1) is 62.3 Å². The van der Waals surface area contributed by atoms with Crippen LogP contribution in [0.4, 0.5) is 0 Å². The first-order valence-corrected chi connectivity index (χ1v) is 32.4. The van der Waals surface area contributed by atoms with Gasteiger partial charge < -0.3 is 0 Å². The van der Waals surface area contributed by atoms with Gasteiger partial charge in [-0.3, -0.25) is 0 Å². The molecule has 0 heterocycles. The van der Waals surface area contributed by atoms with Crippen molar-refractivity contribution in [1.29, 1.82) is 0 Å². The van der Waals surface area contributed by atoms with Crippen LogP contribution < -0.4 is 47.7 Å². The molecule has 0 aromatic heterocycles. The van der Waals surface area contributed by atoms with Crippen LogP contribution in [0.3, 0.4) is 0 Å². The molecule has 69 heavy (non-hydrogen) atoms. The zero-order valence-electron chi connectivity index (χ0n) is 41.4. The molecule has 9 aromatic rings. The molecular weight excluding hydrogens is 1020 g/mol. The Morgan fingerprint density at radius 1 is 0.203 bits per heavy atom. The molecule has 0 radical (unpaired) electrons. The van der Waals surface area contributed by atoms with Crippen molar-refractivity contribution in [1.82, 2.24) is 0 Å². The summed E-state index contributed by atoms with van der Waals surface area (Å²) < 4.78 is 0. The van der Waals surface area contributed by atoms with E-state index in [0.717, 1.165) is 0 Å². The summed E-state index contributed by atoms with van der Waals surface area (Å²) in [4.78, 5) is 0. The molecule has 9 rings (SSSR count). The zero-order valence-corrected chi connectivity index (χ0v) is 47.6. The van der Waals surface area contributed by atoms with Gasteiger partial charge in [0, 0.05) is 0 Å². The van der Waals surface area contributed by atoms with Gasteiger partial charge in [-0.05, 0) is 167 Å². The molecule has 0 saturated heterocycles. The molecule has 6 heteroatoms. The van der Waals surface area contributed by atoms with E-state index in [4.69, 9.17) is 19.4 Å². The Bertz CT molecular complexity index is 2410. The average molecular weight is 1090 g/mol. The first-order valence-electron chi connectivity index (χ1n) is 23.5. The van der Waals surface area contributed by atoms with Crippen molar-refractivity contribution in [2.45, 2.75) is 62.3 Å². The fraction of sp³-hybridized carbons (Fsp3) is 0.143. The Hall–Kier alpha value is -4.53. The standard InChI is InChI=1S/3C21H21P.2ClH.Ru/c3*1-16-10-4-7-13-19(16)22(20-14-8-5-11-17(20)2)21-15-9-6-12-18(21)3;;;/h3*4-15H,1-3H3;2*1H;/q;;;;;+2/p+1. The second-order valence-electron chi connectivity index (χ2n) is 17.5. The normalized spacial score (nSPS) is 10.8. The van der Waals surface area contributed by atoms with E-state index in [0.29, 0.717) is 0 Å². The summed E-state index contributed by atoms with van der Waals surface area (Å²) in [5, 5.41) is 13.5. The molecule has 0 unspecified atom stereocenters. The fourth-order valence-corrected chi connectivity index (χ4v) is 18.3. The third-order valence-electron chi connectivity index (χ3n) is 12.7. The van der Waals surface area contributed by atoms with Crippen LogP contribution >= 0.6 is 43.1 Å². The van der Waals surface area contributed by atoms with Gasteiger partial charge in [0.25, 0.3) is 0 Å². The number of rotatable bonds is 9.